The molecule has 0 radical (unpaired) electrons. The number of hydrogen-bond acceptors (Lipinski definition) is 2. The Morgan fingerprint density at radius 2 is 2.15 bits per heavy atom. The van der Waals surface area contributed by atoms with Crippen LogP contribution >= 0.6 is 0 Å². The van der Waals surface area contributed by atoms with Crippen molar-refractivity contribution in [2.24, 2.45) is 17.8 Å². The van der Waals surface area contributed by atoms with E-state index in [4.69, 9.17) is 4.74 Å². The van der Waals surface area contributed by atoms with E-state index >= 15 is 0 Å². The lowest BCUT2D eigenvalue weighted by Gasteiger charge is -2.37. The molecule has 0 saturated heterocycles. The first kappa shape index (κ1) is 15.8. The van der Waals surface area contributed by atoms with Crippen molar-refractivity contribution >= 4 is 5.78 Å². The zero-order valence-corrected chi connectivity index (χ0v) is 13.4. The number of rotatable bonds is 5. The number of Topliss-reactive ketones (excluding diaryl/α,β-unsaturated/α-hetero) is 1. The minimum Gasteiger partial charge on any atom is -0.370 e. The van der Waals surface area contributed by atoms with Crippen molar-refractivity contribution in [2.45, 2.75) is 71.8 Å². The molecule has 1 fully saturated rings. The maximum Gasteiger partial charge on any atom is 0.184 e. The SMILES string of the molecule is CC(C)[C@@H]1CC[C@@H](C)C[C@H]1OCC(=O)C1=CCCCC1. The lowest BCUT2D eigenvalue weighted by atomic mass is 9.75. The molecule has 3 atom stereocenters. The van der Waals surface area contributed by atoms with Crippen LogP contribution in [0.4, 0.5) is 0 Å². The molecule has 0 bridgehead atoms. The lowest BCUT2D eigenvalue weighted by molar-refractivity contribution is -0.125. The minimum atomic E-state index is 0.227. The third kappa shape index (κ3) is 4.18. The Morgan fingerprint density at radius 3 is 2.80 bits per heavy atom. The summed E-state index contributed by atoms with van der Waals surface area (Å²) < 4.78 is 6.05. The van der Waals surface area contributed by atoms with E-state index in [1.165, 1.54) is 19.3 Å². The van der Waals surface area contributed by atoms with Crippen molar-refractivity contribution in [3.8, 4) is 0 Å². The predicted molar refractivity (Wildman–Crippen MR) is 82.6 cm³/mol. The van der Waals surface area contributed by atoms with Gasteiger partial charge in [-0.25, -0.2) is 0 Å². The monoisotopic (exact) mass is 278 g/mol. The molecule has 0 aromatic carbocycles. The van der Waals surface area contributed by atoms with E-state index in [1.54, 1.807) is 0 Å². The number of ether oxygens (including phenoxy) is 1. The van der Waals surface area contributed by atoms with Gasteiger partial charge in [0.05, 0.1) is 6.10 Å². The quantitative estimate of drug-likeness (QED) is 0.738. The Hall–Kier alpha value is -0.630. The molecule has 0 N–H and O–H groups in total. The summed E-state index contributed by atoms with van der Waals surface area (Å²) in [6.45, 7) is 7.16. The Bertz CT molecular complexity index is 356. The lowest BCUT2D eigenvalue weighted by Crippen LogP contribution is -2.35. The smallest absolute Gasteiger partial charge is 0.184 e. The van der Waals surface area contributed by atoms with E-state index in [-0.39, 0.29) is 11.9 Å². The molecule has 2 heteroatoms. The van der Waals surface area contributed by atoms with Gasteiger partial charge in [0.1, 0.15) is 6.61 Å². The number of ketones is 1. The number of carbonyl (C=O) groups excluding carboxylic acids is 1. The third-order valence-corrected chi connectivity index (χ3v) is 5.04. The Kier molecular flexibility index (Phi) is 5.83. The van der Waals surface area contributed by atoms with E-state index in [0.717, 1.165) is 37.2 Å². The molecule has 0 aliphatic heterocycles. The van der Waals surface area contributed by atoms with Crippen molar-refractivity contribution in [1.82, 2.24) is 0 Å². The third-order valence-electron chi connectivity index (χ3n) is 5.04. The van der Waals surface area contributed by atoms with Crippen molar-refractivity contribution in [3.63, 3.8) is 0 Å². The molecule has 2 aliphatic carbocycles. The van der Waals surface area contributed by atoms with E-state index < -0.39 is 0 Å². The molecule has 0 aromatic heterocycles. The highest BCUT2D eigenvalue weighted by Crippen LogP contribution is 2.35. The first-order valence-corrected chi connectivity index (χ1v) is 8.41. The number of hydrogen-bond donors (Lipinski definition) is 0. The Labute approximate surface area is 124 Å². The molecule has 114 valence electrons. The summed E-state index contributed by atoms with van der Waals surface area (Å²) in [7, 11) is 0. The summed E-state index contributed by atoms with van der Waals surface area (Å²) in [5, 5.41) is 0. The van der Waals surface area contributed by atoms with Gasteiger partial charge < -0.3 is 4.74 Å². The molecule has 2 rings (SSSR count). The highest BCUT2D eigenvalue weighted by atomic mass is 16.5. The van der Waals surface area contributed by atoms with Crippen LogP contribution in [0.3, 0.4) is 0 Å². The zero-order chi connectivity index (χ0) is 14.5. The molecular formula is C18H30O2. The van der Waals surface area contributed by atoms with Crippen LogP contribution < -0.4 is 0 Å². The highest BCUT2D eigenvalue weighted by molar-refractivity contribution is 5.96. The standard InChI is InChI=1S/C18H30O2/c1-13(2)16-10-9-14(3)11-18(16)20-12-17(19)15-7-5-4-6-8-15/h7,13-14,16,18H,4-6,8-12H2,1-3H3/t14-,16+,18-/m1/s1. The van der Waals surface area contributed by atoms with Crippen LogP contribution in [0.1, 0.15) is 65.7 Å². The van der Waals surface area contributed by atoms with E-state index in [2.05, 4.69) is 26.8 Å². The topological polar surface area (TPSA) is 26.3 Å². The highest BCUT2D eigenvalue weighted by Gasteiger charge is 2.31. The second-order valence-electron chi connectivity index (χ2n) is 7.07. The van der Waals surface area contributed by atoms with Gasteiger partial charge in [-0.2, -0.15) is 0 Å². The van der Waals surface area contributed by atoms with Crippen LogP contribution in [0.15, 0.2) is 11.6 Å². The molecule has 0 unspecified atom stereocenters. The maximum atomic E-state index is 12.2. The molecular weight excluding hydrogens is 248 g/mol. The first-order valence-electron chi connectivity index (χ1n) is 8.41. The number of carbonyl (C=O) groups is 1. The second kappa shape index (κ2) is 7.40. The van der Waals surface area contributed by atoms with Gasteiger partial charge in [0.15, 0.2) is 5.78 Å². The normalized spacial score (nSPS) is 31.2. The van der Waals surface area contributed by atoms with Crippen molar-refractivity contribution in [1.29, 1.82) is 0 Å². The van der Waals surface area contributed by atoms with Gasteiger partial charge in [-0.15, -0.1) is 0 Å². The fourth-order valence-electron chi connectivity index (χ4n) is 3.67. The summed E-state index contributed by atoms with van der Waals surface area (Å²) in [5.74, 6) is 2.24. The van der Waals surface area contributed by atoms with Gasteiger partial charge in [-0.1, -0.05) is 33.3 Å². The zero-order valence-electron chi connectivity index (χ0n) is 13.4. The largest absolute Gasteiger partial charge is 0.370 e. The van der Waals surface area contributed by atoms with Crippen LogP contribution in [-0.4, -0.2) is 18.5 Å². The summed E-state index contributed by atoms with van der Waals surface area (Å²) in [6, 6.07) is 0. The summed E-state index contributed by atoms with van der Waals surface area (Å²) in [5.41, 5.74) is 1.02. The average molecular weight is 278 g/mol. The van der Waals surface area contributed by atoms with Crippen molar-refractivity contribution in [2.75, 3.05) is 6.61 Å². The molecule has 0 spiro atoms. The van der Waals surface area contributed by atoms with Crippen LogP contribution in [0, 0.1) is 17.8 Å². The Morgan fingerprint density at radius 1 is 1.35 bits per heavy atom. The van der Waals surface area contributed by atoms with Crippen LogP contribution in [-0.2, 0) is 9.53 Å². The minimum absolute atomic E-state index is 0.227. The van der Waals surface area contributed by atoms with Crippen LogP contribution in [0.5, 0.6) is 0 Å². The molecule has 2 aliphatic rings. The second-order valence-corrected chi connectivity index (χ2v) is 7.07. The van der Waals surface area contributed by atoms with Crippen molar-refractivity contribution < 1.29 is 9.53 Å². The fourth-order valence-corrected chi connectivity index (χ4v) is 3.67. The summed E-state index contributed by atoms with van der Waals surface area (Å²) in [4.78, 5) is 12.2. The maximum absolute atomic E-state index is 12.2. The molecule has 0 aromatic rings. The van der Waals surface area contributed by atoms with Crippen LogP contribution in [0.2, 0.25) is 0 Å². The first-order chi connectivity index (χ1) is 9.58. The van der Waals surface area contributed by atoms with Crippen LogP contribution in [0.25, 0.3) is 0 Å². The van der Waals surface area contributed by atoms with E-state index in [0.29, 0.717) is 18.4 Å². The molecule has 0 amide bonds. The predicted octanol–water partition coefficient (Wildman–Crippen LogP) is 4.53. The van der Waals surface area contributed by atoms with Crippen molar-refractivity contribution in [3.05, 3.63) is 11.6 Å². The average Bonchev–Trinajstić information content (AvgIpc) is 2.45. The van der Waals surface area contributed by atoms with Gasteiger partial charge in [0.2, 0.25) is 0 Å². The van der Waals surface area contributed by atoms with Gasteiger partial charge in [-0.3, -0.25) is 4.79 Å². The summed E-state index contributed by atoms with van der Waals surface area (Å²) >= 11 is 0. The fraction of sp³-hybridized carbons (Fsp3) is 0.833. The Balaban J connectivity index is 1.87. The van der Waals surface area contributed by atoms with E-state index in [9.17, 15) is 4.79 Å². The molecule has 20 heavy (non-hydrogen) atoms. The van der Waals surface area contributed by atoms with Gasteiger partial charge in [0.25, 0.3) is 0 Å². The van der Waals surface area contributed by atoms with E-state index in [1.807, 2.05) is 0 Å². The molecule has 1 saturated carbocycles. The summed E-state index contributed by atoms with van der Waals surface area (Å²) in [6.07, 6.45) is 10.5. The molecule has 2 nitrogen and oxygen atoms in total. The number of allylic oxidation sites excluding steroid dienone is 1. The van der Waals surface area contributed by atoms with Gasteiger partial charge >= 0.3 is 0 Å². The van der Waals surface area contributed by atoms with Gasteiger partial charge in [-0.05, 0) is 61.9 Å². The molecule has 0 heterocycles. The van der Waals surface area contributed by atoms with Gasteiger partial charge in [0, 0.05) is 0 Å².